The van der Waals surface area contributed by atoms with E-state index in [1.807, 2.05) is 35.4 Å². The van der Waals surface area contributed by atoms with Gasteiger partial charge in [0.05, 0.1) is 5.92 Å². The smallest absolute Gasteiger partial charge is 0.228 e. The van der Waals surface area contributed by atoms with Crippen molar-refractivity contribution in [3.63, 3.8) is 0 Å². The van der Waals surface area contributed by atoms with Crippen LogP contribution in [-0.4, -0.2) is 55.2 Å². The van der Waals surface area contributed by atoms with Crippen LogP contribution in [0.1, 0.15) is 13.3 Å². The van der Waals surface area contributed by atoms with Crippen molar-refractivity contribution < 1.29 is 9.59 Å². The van der Waals surface area contributed by atoms with E-state index >= 15 is 0 Å². The van der Waals surface area contributed by atoms with Crippen LogP contribution in [0, 0.1) is 5.92 Å². The van der Waals surface area contributed by atoms with Crippen LogP contribution in [0.25, 0.3) is 0 Å². The molecule has 2 heterocycles. The molecule has 0 spiro atoms. The van der Waals surface area contributed by atoms with Gasteiger partial charge >= 0.3 is 0 Å². The highest BCUT2D eigenvalue weighted by Gasteiger charge is 2.38. The van der Waals surface area contributed by atoms with Gasteiger partial charge in [0.25, 0.3) is 0 Å². The highest BCUT2D eigenvalue weighted by molar-refractivity contribution is 7.98. The number of nitrogens with one attached hydrogen (secondary N) is 1. The van der Waals surface area contributed by atoms with Gasteiger partial charge in [-0.15, -0.1) is 11.8 Å². The van der Waals surface area contributed by atoms with Crippen LogP contribution in [0.3, 0.4) is 0 Å². The summed E-state index contributed by atoms with van der Waals surface area (Å²) in [6.45, 7) is 4.93. The number of carbonyl (C=O) groups excluding carboxylic acids is 2. The zero-order valence-electron chi connectivity index (χ0n) is 13.6. The van der Waals surface area contributed by atoms with Gasteiger partial charge in [-0.2, -0.15) is 0 Å². The fraction of sp³-hybridized carbons (Fsp3) is 0.529. The Kier molecular flexibility index (Phi) is 4.92. The second-order valence-corrected chi connectivity index (χ2v) is 7.07. The minimum Gasteiger partial charge on any atom is -0.337 e. The summed E-state index contributed by atoms with van der Waals surface area (Å²) >= 11 is 1.68. The number of hydrogen-bond acceptors (Lipinski definition) is 4. The SMILES string of the molecule is CSc1ccc(N2CC(C(=O)N3CCNC[C@H]3C)CC2=O)cc1. The molecule has 0 saturated carbocycles. The van der Waals surface area contributed by atoms with Crippen molar-refractivity contribution in [2.45, 2.75) is 24.3 Å². The van der Waals surface area contributed by atoms with E-state index in [0.717, 1.165) is 25.3 Å². The molecule has 0 radical (unpaired) electrons. The Labute approximate surface area is 141 Å². The van der Waals surface area contributed by atoms with Crippen molar-refractivity contribution in [1.29, 1.82) is 0 Å². The van der Waals surface area contributed by atoms with Crippen molar-refractivity contribution in [2.75, 3.05) is 37.3 Å². The van der Waals surface area contributed by atoms with E-state index < -0.39 is 0 Å². The summed E-state index contributed by atoms with van der Waals surface area (Å²) in [5.74, 6) is -0.0538. The molecule has 2 fully saturated rings. The van der Waals surface area contributed by atoms with Crippen LogP contribution < -0.4 is 10.2 Å². The number of benzene rings is 1. The first-order chi connectivity index (χ1) is 11.1. The molecule has 0 aliphatic carbocycles. The summed E-state index contributed by atoms with van der Waals surface area (Å²) in [5, 5.41) is 3.29. The first-order valence-corrected chi connectivity index (χ1v) is 9.28. The van der Waals surface area contributed by atoms with Crippen molar-refractivity contribution in [3.05, 3.63) is 24.3 Å². The third-order valence-corrected chi connectivity index (χ3v) is 5.39. The molecule has 0 bridgehead atoms. The fourth-order valence-electron chi connectivity index (χ4n) is 3.29. The predicted molar refractivity (Wildman–Crippen MR) is 92.7 cm³/mol. The third kappa shape index (κ3) is 3.38. The predicted octanol–water partition coefficient (Wildman–Crippen LogP) is 1.58. The molecule has 3 rings (SSSR count). The van der Waals surface area contributed by atoms with Gasteiger partial charge in [-0.3, -0.25) is 9.59 Å². The molecular formula is C17H23N3O2S. The maximum absolute atomic E-state index is 12.7. The summed E-state index contributed by atoms with van der Waals surface area (Å²) in [7, 11) is 0. The zero-order chi connectivity index (χ0) is 16.4. The number of amides is 2. The van der Waals surface area contributed by atoms with E-state index in [4.69, 9.17) is 0 Å². The van der Waals surface area contributed by atoms with Crippen molar-refractivity contribution >= 4 is 29.3 Å². The van der Waals surface area contributed by atoms with Gasteiger partial charge in [-0.1, -0.05) is 0 Å². The van der Waals surface area contributed by atoms with E-state index in [1.165, 1.54) is 4.90 Å². The van der Waals surface area contributed by atoms with Crippen molar-refractivity contribution in [1.82, 2.24) is 10.2 Å². The van der Waals surface area contributed by atoms with Gasteiger partial charge in [0, 0.05) is 49.2 Å². The number of nitrogens with zero attached hydrogens (tertiary/aromatic N) is 2. The molecule has 1 N–H and O–H groups in total. The van der Waals surface area contributed by atoms with Crippen LogP contribution in [0.5, 0.6) is 0 Å². The molecule has 2 saturated heterocycles. The summed E-state index contributed by atoms with van der Waals surface area (Å²) < 4.78 is 0. The van der Waals surface area contributed by atoms with Gasteiger partial charge in [-0.25, -0.2) is 0 Å². The molecule has 2 aliphatic rings. The number of anilines is 1. The lowest BCUT2D eigenvalue weighted by atomic mass is 10.1. The van der Waals surface area contributed by atoms with Gasteiger partial charge in [0.2, 0.25) is 11.8 Å². The molecule has 1 unspecified atom stereocenters. The average Bonchev–Trinajstić information content (AvgIpc) is 2.96. The number of thioether (sulfide) groups is 1. The standard InChI is InChI=1S/C17H23N3O2S/c1-12-10-18-7-8-19(12)17(22)13-9-16(21)20(11-13)14-3-5-15(23-2)6-4-14/h3-6,12-13,18H,7-11H2,1-2H3/t12-,13?/m1/s1. The largest absolute Gasteiger partial charge is 0.337 e. The minimum atomic E-state index is -0.219. The van der Waals surface area contributed by atoms with Crippen LogP contribution in [0.2, 0.25) is 0 Å². The molecule has 2 aliphatic heterocycles. The molecule has 5 nitrogen and oxygen atoms in total. The number of hydrogen-bond donors (Lipinski definition) is 1. The molecule has 2 amide bonds. The van der Waals surface area contributed by atoms with Gasteiger partial charge in [0.1, 0.15) is 0 Å². The number of carbonyl (C=O) groups is 2. The Morgan fingerprint density at radius 2 is 2.04 bits per heavy atom. The Bertz CT molecular complexity index is 590. The molecule has 0 aromatic heterocycles. The van der Waals surface area contributed by atoms with E-state index in [1.54, 1.807) is 16.7 Å². The first kappa shape index (κ1) is 16.3. The minimum absolute atomic E-state index is 0.0445. The number of rotatable bonds is 3. The van der Waals surface area contributed by atoms with Gasteiger partial charge < -0.3 is 15.1 Å². The second-order valence-electron chi connectivity index (χ2n) is 6.19. The Morgan fingerprint density at radius 1 is 1.30 bits per heavy atom. The summed E-state index contributed by atoms with van der Waals surface area (Å²) in [5.41, 5.74) is 0.886. The van der Waals surface area contributed by atoms with Crippen LogP contribution in [0.15, 0.2) is 29.2 Å². The quantitative estimate of drug-likeness (QED) is 0.854. The van der Waals surface area contributed by atoms with E-state index in [9.17, 15) is 9.59 Å². The maximum Gasteiger partial charge on any atom is 0.228 e. The Hall–Kier alpha value is -1.53. The van der Waals surface area contributed by atoms with Crippen LogP contribution in [0.4, 0.5) is 5.69 Å². The highest BCUT2D eigenvalue weighted by atomic mass is 32.2. The van der Waals surface area contributed by atoms with Crippen LogP contribution >= 0.6 is 11.8 Å². The average molecular weight is 333 g/mol. The Balaban J connectivity index is 1.70. The number of piperazine rings is 1. The molecule has 124 valence electrons. The molecular weight excluding hydrogens is 310 g/mol. The van der Waals surface area contributed by atoms with E-state index in [2.05, 4.69) is 12.2 Å². The summed E-state index contributed by atoms with van der Waals surface area (Å²) in [6, 6.07) is 8.15. The highest BCUT2D eigenvalue weighted by Crippen LogP contribution is 2.28. The Morgan fingerprint density at radius 3 is 2.70 bits per heavy atom. The fourth-order valence-corrected chi connectivity index (χ4v) is 3.70. The van der Waals surface area contributed by atoms with Gasteiger partial charge in [-0.05, 0) is 37.4 Å². The van der Waals surface area contributed by atoms with E-state index in [-0.39, 0.29) is 23.8 Å². The summed E-state index contributed by atoms with van der Waals surface area (Å²) in [6.07, 6.45) is 2.35. The van der Waals surface area contributed by atoms with Gasteiger partial charge in [0.15, 0.2) is 0 Å². The third-order valence-electron chi connectivity index (χ3n) is 4.64. The van der Waals surface area contributed by atoms with Crippen molar-refractivity contribution in [3.8, 4) is 0 Å². The molecule has 23 heavy (non-hydrogen) atoms. The molecule has 1 aromatic rings. The molecule has 2 atom stereocenters. The normalized spacial score (nSPS) is 25.0. The monoisotopic (exact) mass is 333 g/mol. The molecule has 6 heteroatoms. The summed E-state index contributed by atoms with van der Waals surface area (Å²) in [4.78, 5) is 29.9. The second kappa shape index (κ2) is 6.93. The first-order valence-electron chi connectivity index (χ1n) is 8.05. The van der Waals surface area contributed by atoms with E-state index in [0.29, 0.717) is 13.0 Å². The topological polar surface area (TPSA) is 52.7 Å². The van der Waals surface area contributed by atoms with Crippen molar-refractivity contribution in [2.24, 2.45) is 5.92 Å². The molecule has 1 aromatic carbocycles. The lowest BCUT2D eigenvalue weighted by Gasteiger charge is -2.35. The lowest BCUT2D eigenvalue weighted by Crippen LogP contribution is -2.54. The lowest BCUT2D eigenvalue weighted by molar-refractivity contribution is -0.138. The maximum atomic E-state index is 12.7. The van der Waals surface area contributed by atoms with Crippen LogP contribution in [-0.2, 0) is 9.59 Å². The zero-order valence-corrected chi connectivity index (χ0v) is 14.4.